The number of rotatable bonds is 5. The van der Waals surface area contributed by atoms with Crippen molar-refractivity contribution in [3.8, 4) is 0 Å². The highest BCUT2D eigenvalue weighted by molar-refractivity contribution is 6.51. The van der Waals surface area contributed by atoms with Crippen molar-refractivity contribution in [2.45, 2.75) is 6.92 Å². The minimum absolute atomic E-state index is 0.145. The van der Waals surface area contributed by atoms with Gasteiger partial charge >= 0.3 is 0 Å². The molecule has 3 rings (SSSR count). The van der Waals surface area contributed by atoms with Crippen molar-refractivity contribution in [2.24, 2.45) is 10.2 Å². The molecule has 25 heavy (non-hydrogen) atoms. The lowest BCUT2D eigenvalue weighted by atomic mass is 10.0. The first-order valence-corrected chi connectivity index (χ1v) is 8.07. The Morgan fingerprint density at radius 2 is 1.32 bits per heavy atom. The Kier molecular flexibility index (Phi) is 5.27. The van der Waals surface area contributed by atoms with Crippen LogP contribution in [0, 0.1) is 6.92 Å². The fourth-order valence-corrected chi connectivity index (χ4v) is 2.44. The van der Waals surface area contributed by atoms with Crippen molar-refractivity contribution in [3.63, 3.8) is 0 Å². The van der Waals surface area contributed by atoms with Crippen LogP contribution in [0.1, 0.15) is 27.0 Å². The maximum Gasteiger partial charge on any atom is 0.213 e. The molecular formula is C22H18N2O. The number of aryl methyl sites for hydroxylation is 1. The summed E-state index contributed by atoms with van der Waals surface area (Å²) in [7, 11) is 0. The molecule has 0 fully saturated rings. The largest absolute Gasteiger partial charge is 0.287 e. The van der Waals surface area contributed by atoms with E-state index in [0.29, 0.717) is 11.3 Å². The molecule has 0 N–H and O–H groups in total. The van der Waals surface area contributed by atoms with Crippen LogP contribution in [0.2, 0.25) is 0 Å². The average molecular weight is 326 g/mol. The molecule has 0 radical (unpaired) electrons. The molecule has 0 saturated heterocycles. The van der Waals surface area contributed by atoms with Crippen LogP contribution in [0.3, 0.4) is 0 Å². The average Bonchev–Trinajstić information content (AvgIpc) is 2.67. The molecule has 0 atom stereocenters. The Hall–Kier alpha value is -3.33. The monoisotopic (exact) mass is 326 g/mol. The molecule has 3 nitrogen and oxygen atoms in total. The SMILES string of the molecule is Cc1ccccc1C=NN=C(C(=O)c1ccccc1)c1ccccc1. The molecule has 0 aromatic heterocycles. The van der Waals surface area contributed by atoms with Crippen LogP contribution >= 0.6 is 0 Å². The van der Waals surface area contributed by atoms with E-state index < -0.39 is 0 Å². The zero-order chi connectivity index (χ0) is 17.5. The number of carbonyl (C=O) groups is 1. The molecule has 122 valence electrons. The van der Waals surface area contributed by atoms with Gasteiger partial charge in [0, 0.05) is 11.1 Å². The minimum atomic E-state index is -0.145. The maximum absolute atomic E-state index is 12.8. The third kappa shape index (κ3) is 4.15. The normalized spacial score (nSPS) is 11.6. The highest BCUT2D eigenvalue weighted by Gasteiger charge is 2.15. The molecule has 3 aromatic rings. The first kappa shape index (κ1) is 16.5. The quantitative estimate of drug-likeness (QED) is 0.380. The summed E-state index contributed by atoms with van der Waals surface area (Å²) in [5.74, 6) is -0.145. The van der Waals surface area contributed by atoms with Crippen molar-refractivity contribution < 1.29 is 4.79 Å². The second-order valence-corrected chi connectivity index (χ2v) is 5.61. The Morgan fingerprint density at radius 1 is 0.760 bits per heavy atom. The van der Waals surface area contributed by atoms with Gasteiger partial charge in [0.15, 0.2) is 0 Å². The van der Waals surface area contributed by atoms with E-state index >= 15 is 0 Å². The zero-order valence-corrected chi connectivity index (χ0v) is 14.0. The van der Waals surface area contributed by atoms with Crippen LogP contribution in [0.25, 0.3) is 0 Å². The number of carbonyl (C=O) groups excluding carboxylic acids is 1. The van der Waals surface area contributed by atoms with Crippen LogP contribution in [-0.2, 0) is 0 Å². The topological polar surface area (TPSA) is 41.8 Å². The molecule has 0 unspecified atom stereocenters. The summed E-state index contributed by atoms with van der Waals surface area (Å²) in [5, 5.41) is 8.41. The smallest absolute Gasteiger partial charge is 0.213 e. The number of hydrogen-bond acceptors (Lipinski definition) is 3. The van der Waals surface area contributed by atoms with Gasteiger partial charge in [0.2, 0.25) is 5.78 Å². The second kappa shape index (κ2) is 7.97. The van der Waals surface area contributed by atoms with E-state index in [1.54, 1.807) is 18.3 Å². The van der Waals surface area contributed by atoms with E-state index in [4.69, 9.17) is 0 Å². The number of ketones is 1. The first-order chi connectivity index (χ1) is 12.3. The minimum Gasteiger partial charge on any atom is -0.287 e. The molecule has 0 saturated carbocycles. The summed E-state index contributed by atoms with van der Waals surface area (Å²) in [6.45, 7) is 2.01. The van der Waals surface area contributed by atoms with E-state index in [9.17, 15) is 4.79 Å². The van der Waals surface area contributed by atoms with E-state index in [2.05, 4.69) is 10.2 Å². The lowest BCUT2D eigenvalue weighted by Gasteiger charge is -2.04. The number of hydrogen-bond donors (Lipinski definition) is 0. The third-order valence-electron chi connectivity index (χ3n) is 3.84. The Bertz CT molecular complexity index is 913. The Labute approximate surface area is 147 Å². The van der Waals surface area contributed by atoms with Gasteiger partial charge in [0.25, 0.3) is 0 Å². The van der Waals surface area contributed by atoms with Crippen LogP contribution in [0.4, 0.5) is 0 Å². The Balaban J connectivity index is 1.97. The number of Topliss-reactive ketones (excluding diaryl/α,β-unsaturated/α-hetero) is 1. The van der Waals surface area contributed by atoms with Crippen LogP contribution in [0.15, 0.2) is 95.1 Å². The highest BCUT2D eigenvalue weighted by Crippen LogP contribution is 2.10. The molecule has 0 aliphatic heterocycles. The molecule has 0 aliphatic rings. The molecule has 0 spiro atoms. The highest BCUT2D eigenvalue weighted by atomic mass is 16.1. The van der Waals surface area contributed by atoms with Gasteiger partial charge in [-0.1, -0.05) is 84.9 Å². The molecule has 3 aromatic carbocycles. The lowest BCUT2D eigenvalue weighted by molar-refractivity contribution is 0.106. The lowest BCUT2D eigenvalue weighted by Crippen LogP contribution is -2.15. The summed E-state index contributed by atoms with van der Waals surface area (Å²) >= 11 is 0. The van der Waals surface area contributed by atoms with Crippen LogP contribution < -0.4 is 0 Å². The van der Waals surface area contributed by atoms with E-state index in [1.165, 1.54) is 0 Å². The molecule has 0 heterocycles. The zero-order valence-electron chi connectivity index (χ0n) is 14.0. The number of benzene rings is 3. The summed E-state index contributed by atoms with van der Waals surface area (Å²) < 4.78 is 0. The predicted molar refractivity (Wildman–Crippen MR) is 103 cm³/mol. The van der Waals surface area contributed by atoms with Gasteiger partial charge in [-0.25, -0.2) is 0 Å². The summed E-state index contributed by atoms with van der Waals surface area (Å²) in [5.41, 5.74) is 3.76. The van der Waals surface area contributed by atoms with E-state index in [0.717, 1.165) is 16.7 Å². The van der Waals surface area contributed by atoms with E-state index in [1.807, 2.05) is 79.7 Å². The predicted octanol–water partition coefficient (Wildman–Crippen LogP) is 4.70. The van der Waals surface area contributed by atoms with Gasteiger partial charge in [-0.15, -0.1) is 5.10 Å². The summed E-state index contributed by atoms with van der Waals surface area (Å²) in [6, 6.07) is 26.4. The first-order valence-electron chi connectivity index (χ1n) is 8.07. The second-order valence-electron chi connectivity index (χ2n) is 5.61. The molecule has 3 heteroatoms. The standard InChI is InChI=1S/C22H18N2O/c1-17-10-8-9-15-20(17)16-23-24-21(18-11-4-2-5-12-18)22(25)19-13-6-3-7-14-19/h2-16H,1H3. The van der Waals surface area contributed by atoms with Gasteiger partial charge in [0.1, 0.15) is 5.71 Å². The van der Waals surface area contributed by atoms with Gasteiger partial charge in [0.05, 0.1) is 6.21 Å². The van der Waals surface area contributed by atoms with Crippen molar-refractivity contribution in [3.05, 3.63) is 107 Å². The van der Waals surface area contributed by atoms with Crippen molar-refractivity contribution in [1.82, 2.24) is 0 Å². The summed E-state index contributed by atoms with van der Waals surface area (Å²) in [4.78, 5) is 12.8. The van der Waals surface area contributed by atoms with Gasteiger partial charge < -0.3 is 0 Å². The van der Waals surface area contributed by atoms with E-state index in [-0.39, 0.29) is 5.78 Å². The van der Waals surface area contributed by atoms with Crippen molar-refractivity contribution in [2.75, 3.05) is 0 Å². The maximum atomic E-state index is 12.8. The summed E-state index contributed by atoms with van der Waals surface area (Å²) in [6.07, 6.45) is 1.68. The van der Waals surface area contributed by atoms with Crippen LogP contribution in [-0.4, -0.2) is 17.7 Å². The molecular weight excluding hydrogens is 308 g/mol. The fourth-order valence-electron chi connectivity index (χ4n) is 2.44. The third-order valence-corrected chi connectivity index (χ3v) is 3.84. The molecule has 0 aliphatic carbocycles. The molecule has 0 amide bonds. The fraction of sp³-hybridized carbons (Fsp3) is 0.0455. The molecule has 0 bridgehead atoms. The van der Waals surface area contributed by atoms with Gasteiger partial charge in [-0.05, 0) is 18.1 Å². The van der Waals surface area contributed by atoms with Gasteiger partial charge in [-0.3, -0.25) is 4.79 Å². The van der Waals surface area contributed by atoms with Crippen molar-refractivity contribution >= 4 is 17.7 Å². The van der Waals surface area contributed by atoms with Crippen LogP contribution in [0.5, 0.6) is 0 Å². The number of nitrogens with zero attached hydrogens (tertiary/aromatic N) is 2. The van der Waals surface area contributed by atoms with Crippen molar-refractivity contribution in [1.29, 1.82) is 0 Å². The van der Waals surface area contributed by atoms with Gasteiger partial charge in [-0.2, -0.15) is 5.10 Å². The Morgan fingerprint density at radius 3 is 1.96 bits per heavy atom.